The highest BCUT2D eigenvalue weighted by Crippen LogP contribution is 2.20. The van der Waals surface area contributed by atoms with E-state index in [4.69, 9.17) is 11.1 Å². The number of halogens is 1. The molecule has 0 atom stereocenters. The van der Waals surface area contributed by atoms with Gasteiger partial charge in [0.25, 0.3) is 0 Å². The summed E-state index contributed by atoms with van der Waals surface area (Å²) in [6.07, 6.45) is 2.75. The summed E-state index contributed by atoms with van der Waals surface area (Å²) in [5, 5.41) is 10.1. The molecule has 0 aliphatic rings. The minimum Gasteiger partial charge on any atom is -0.396 e. The van der Waals surface area contributed by atoms with Crippen molar-refractivity contribution in [1.29, 1.82) is 5.41 Å². The van der Waals surface area contributed by atoms with Crippen LogP contribution in [0.25, 0.3) is 0 Å². The van der Waals surface area contributed by atoms with Crippen LogP contribution >= 0.6 is 0 Å². The van der Waals surface area contributed by atoms with Crippen molar-refractivity contribution in [2.24, 2.45) is 0 Å². The van der Waals surface area contributed by atoms with E-state index in [1.807, 2.05) is 27.7 Å². The largest absolute Gasteiger partial charge is 0.396 e. The zero-order chi connectivity index (χ0) is 14.6. The molecule has 102 valence electrons. The third-order valence-electron chi connectivity index (χ3n) is 1.76. The molecule has 0 spiro atoms. The Bertz CT molecular complexity index is 362. The van der Waals surface area contributed by atoms with E-state index in [0.717, 1.165) is 6.21 Å². The van der Waals surface area contributed by atoms with E-state index in [0.29, 0.717) is 17.8 Å². The SMILES string of the molecule is C=CCNc1cc(N)c(F)cc1C=N.CC.CC. The molecule has 0 fully saturated rings. The fourth-order valence-electron chi connectivity index (χ4n) is 1.06. The van der Waals surface area contributed by atoms with Gasteiger partial charge in [-0.1, -0.05) is 33.8 Å². The van der Waals surface area contributed by atoms with Gasteiger partial charge in [0, 0.05) is 24.0 Å². The topological polar surface area (TPSA) is 61.9 Å². The van der Waals surface area contributed by atoms with Crippen molar-refractivity contribution >= 4 is 17.6 Å². The molecule has 0 saturated carbocycles. The van der Waals surface area contributed by atoms with Gasteiger partial charge in [0.1, 0.15) is 5.82 Å². The van der Waals surface area contributed by atoms with E-state index in [2.05, 4.69) is 11.9 Å². The van der Waals surface area contributed by atoms with Crippen LogP contribution in [-0.4, -0.2) is 12.8 Å². The predicted molar refractivity (Wildman–Crippen MR) is 80.1 cm³/mol. The molecule has 3 nitrogen and oxygen atoms in total. The van der Waals surface area contributed by atoms with Crippen LogP contribution in [0.5, 0.6) is 0 Å². The van der Waals surface area contributed by atoms with Crippen molar-refractivity contribution in [2.75, 3.05) is 17.6 Å². The number of nitrogen functional groups attached to an aromatic ring is 1. The molecule has 0 aliphatic heterocycles. The molecule has 0 saturated heterocycles. The molecule has 18 heavy (non-hydrogen) atoms. The number of hydrogen-bond donors (Lipinski definition) is 3. The number of rotatable bonds is 4. The normalized spacial score (nSPS) is 8.06. The fourth-order valence-corrected chi connectivity index (χ4v) is 1.06. The lowest BCUT2D eigenvalue weighted by Gasteiger charge is -2.08. The standard InChI is InChI=1S/C10H12FN3.2C2H6/c1-2-3-14-10-5-9(13)8(11)4-7(10)6-12;2*1-2/h2,4-6,12,14H,1,3,13H2;2*1-2H3. The molecule has 4 N–H and O–H groups in total. The molecule has 0 heterocycles. The molecule has 0 bridgehead atoms. The van der Waals surface area contributed by atoms with Gasteiger partial charge in [-0.25, -0.2) is 4.39 Å². The number of anilines is 2. The lowest BCUT2D eigenvalue weighted by molar-refractivity contribution is 0.632. The summed E-state index contributed by atoms with van der Waals surface area (Å²) in [6.45, 7) is 12.1. The van der Waals surface area contributed by atoms with Crippen LogP contribution in [0.3, 0.4) is 0 Å². The van der Waals surface area contributed by atoms with Crippen molar-refractivity contribution in [3.05, 3.63) is 36.2 Å². The number of hydrogen-bond acceptors (Lipinski definition) is 3. The minimum absolute atomic E-state index is 0.0714. The Morgan fingerprint density at radius 2 is 1.89 bits per heavy atom. The maximum atomic E-state index is 13.0. The van der Waals surface area contributed by atoms with Gasteiger partial charge in [-0.15, -0.1) is 6.58 Å². The fraction of sp³-hybridized carbons (Fsp3) is 0.357. The average Bonchev–Trinajstić information content (AvgIpc) is 2.44. The van der Waals surface area contributed by atoms with Crippen LogP contribution in [0.4, 0.5) is 15.8 Å². The molecule has 1 aromatic carbocycles. The Labute approximate surface area is 109 Å². The molecule has 1 rings (SSSR count). The Morgan fingerprint density at radius 3 is 2.33 bits per heavy atom. The minimum atomic E-state index is -0.507. The molecule has 0 aliphatic carbocycles. The third-order valence-corrected chi connectivity index (χ3v) is 1.76. The summed E-state index contributed by atoms with van der Waals surface area (Å²) in [5.41, 5.74) is 6.58. The van der Waals surface area contributed by atoms with Crippen molar-refractivity contribution in [3.63, 3.8) is 0 Å². The van der Waals surface area contributed by atoms with Crippen LogP contribution < -0.4 is 11.1 Å². The van der Waals surface area contributed by atoms with Crippen LogP contribution in [0.1, 0.15) is 33.3 Å². The summed E-state index contributed by atoms with van der Waals surface area (Å²) in [4.78, 5) is 0. The van der Waals surface area contributed by atoms with E-state index in [1.165, 1.54) is 12.1 Å². The number of nitrogens with two attached hydrogens (primary N) is 1. The van der Waals surface area contributed by atoms with Gasteiger partial charge in [0.15, 0.2) is 0 Å². The van der Waals surface area contributed by atoms with Crippen LogP contribution in [0.15, 0.2) is 24.8 Å². The van der Waals surface area contributed by atoms with Gasteiger partial charge in [-0.3, -0.25) is 0 Å². The molecule has 0 radical (unpaired) electrons. The van der Waals surface area contributed by atoms with Crippen LogP contribution in [-0.2, 0) is 0 Å². The maximum Gasteiger partial charge on any atom is 0.146 e. The first-order valence-electron chi connectivity index (χ1n) is 6.13. The van der Waals surface area contributed by atoms with Crippen molar-refractivity contribution in [2.45, 2.75) is 27.7 Å². The van der Waals surface area contributed by atoms with Gasteiger partial charge < -0.3 is 16.5 Å². The summed E-state index contributed by atoms with van der Waals surface area (Å²) in [7, 11) is 0. The van der Waals surface area contributed by atoms with E-state index in [9.17, 15) is 4.39 Å². The second-order valence-corrected chi connectivity index (χ2v) is 2.77. The van der Waals surface area contributed by atoms with Crippen LogP contribution in [0, 0.1) is 11.2 Å². The molecule has 0 unspecified atom stereocenters. The van der Waals surface area contributed by atoms with Crippen molar-refractivity contribution in [1.82, 2.24) is 0 Å². The third kappa shape index (κ3) is 6.03. The van der Waals surface area contributed by atoms with Gasteiger partial charge in [0.05, 0.1) is 5.69 Å². The number of nitrogens with one attached hydrogen (secondary N) is 2. The maximum absolute atomic E-state index is 13.0. The summed E-state index contributed by atoms with van der Waals surface area (Å²) in [6, 6.07) is 2.70. The van der Waals surface area contributed by atoms with Crippen LogP contribution in [0.2, 0.25) is 0 Å². The number of benzene rings is 1. The molecule has 0 aromatic heterocycles. The van der Waals surface area contributed by atoms with Gasteiger partial charge in [-0.2, -0.15) is 0 Å². The van der Waals surface area contributed by atoms with Crippen molar-refractivity contribution in [3.8, 4) is 0 Å². The van der Waals surface area contributed by atoms with E-state index < -0.39 is 5.82 Å². The van der Waals surface area contributed by atoms with Gasteiger partial charge in [-0.05, 0) is 12.1 Å². The Kier molecular flexibility index (Phi) is 12.0. The Hall–Kier alpha value is -1.84. The van der Waals surface area contributed by atoms with E-state index in [-0.39, 0.29) is 5.69 Å². The highest BCUT2D eigenvalue weighted by atomic mass is 19.1. The zero-order valence-corrected chi connectivity index (χ0v) is 11.7. The van der Waals surface area contributed by atoms with Gasteiger partial charge in [0.2, 0.25) is 0 Å². The molecular formula is C14H24FN3. The summed E-state index contributed by atoms with van der Waals surface area (Å²) < 4.78 is 13.0. The van der Waals surface area contributed by atoms with E-state index >= 15 is 0 Å². The van der Waals surface area contributed by atoms with Crippen molar-refractivity contribution < 1.29 is 4.39 Å². The van der Waals surface area contributed by atoms with Gasteiger partial charge >= 0.3 is 0 Å². The lowest BCUT2D eigenvalue weighted by Crippen LogP contribution is -2.03. The highest BCUT2D eigenvalue weighted by molar-refractivity contribution is 5.87. The second-order valence-electron chi connectivity index (χ2n) is 2.77. The molecule has 0 amide bonds. The zero-order valence-electron chi connectivity index (χ0n) is 11.7. The smallest absolute Gasteiger partial charge is 0.146 e. The first-order valence-corrected chi connectivity index (χ1v) is 6.13. The lowest BCUT2D eigenvalue weighted by atomic mass is 10.1. The first-order chi connectivity index (χ1) is 8.69. The predicted octanol–water partition coefficient (Wildman–Crippen LogP) is 4.06. The quantitative estimate of drug-likeness (QED) is 0.430. The summed E-state index contributed by atoms with van der Waals surface area (Å²) in [5.74, 6) is -0.507. The average molecular weight is 253 g/mol. The summed E-state index contributed by atoms with van der Waals surface area (Å²) >= 11 is 0. The highest BCUT2D eigenvalue weighted by Gasteiger charge is 2.04. The van der Waals surface area contributed by atoms with E-state index in [1.54, 1.807) is 6.08 Å². The second kappa shape index (κ2) is 11.6. The monoisotopic (exact) mass is 253 g/mol. The molecule has 4 heteroatoms. The molecule has 1 aromatic rings. The first kappa shape index (κ1) is 18.5. The Morgan fingerprint density at radius 1 is 1.33 bits per heavy atom. The Balaban J connectivity index is 0. The molecular weight excluding hydrogens is 229 g/mol.